The molecule has 0 aliphatic heterocycles. The molecule has 7 nitrogen and oxygen atoms in total. The lowest BCUT2D eigenvalue weighted by molar-refractivity contribution is -0.135. The highest BCUT2D eigenvalue weighted by Crippen LogP contribution is 2.25. The summed E-state index contributed by atoms with van der Waals surface area (Å²) in [7, 11) is -3.92. The van der Waals surface area contributed by atoms with Crippen molar-refractivity contribution in [2.24, 2.45) is 0 Å². The number of hydrogen-bond acceptors (Lipinski definition) is 7. The number of benzene rings is 1. The molecule has 2 aromatic rings. The van der Waals surface area contributed by atoms with Gasteiger partial charge in [-0.2, -0.15) is 0 Å². The third-order valence-electron chi connectivity index (χ3n) is 2.58. The SMILES string of the molecule is O=C(O)C(O)=CC(=O)c1csc(S(=O)(=O)c2ccc(Cl)cc2)n1. The molecule has 2 rings (SSSR count). The first-order valence-corrected chi connectivity index (χ1v) is 8.60. The van der Waals surface area contributed by atoms with E-state index in [0.29, 0.717) is 22.4 Å². The van der Waals surface area contributed by atoms with Crippen LogP contribution in [0.25, 0.3) is 0 Å². The number of aliphatic hydroxyl groups is 1. The van der Waals surface area contributed by atoms with Gasteiger partial charge < -0.3 is 10.2 Å². The molecule has 0 atom stereocenters. The van der Waals surface area contributed by atoms with E-state index in [1.807, 2.05) is 0 Å². The van der Waals surface area contributed by atoms with E-state index in [9.17, 15) is 18.0 Å². The molecule has 0 saturated carbocycles. The molecular weight excluding hydrogens is 366 g/mol. The fraction of sp³-hybridized carbons (Fsp3) is 0. The lowest BCUT2D eigenvalue weighted by Gasteiger charge is -2.00. The van der Waals surface area contributed by atoms with E-state index in [1.165, 1.54) is 24.3 Å². The Hall–Kier alpha value is -2.23. The van der Waals surface area contributed by atoms with E-state index in [0.717, 1.165) is 5.38 Å². The number of rotatable bonds is 5. The zero-order valence-corrected chi connectivity index (χ0v) is 13.5. The average Bonchev–Trinajstić information content (AvgIpc) is 2.98. The van der Waals surface area contributed by atoms with E-state index in [4.69, 9.17) is 21.8 Å². The lowest BCUT2D eigenvalue weighted by Crippen LogP contribution is -2.05. The van der Waals surface area contributed by atoms with Crippen molar-refractivity contribution in [2.75, 3.05) is 0 Å². The Morgan fingerprint density at radius 3 is 2.35 bits per heavy atom. The van der Waals surface area contributed by atoms with Crippen molar-refractivity contribution in [1.29, 1.82) is 0 Å². The van der Waals surface area contributed by atoms with E-state index in [1.54, 1.807) is 0 Å². The van der Waals surface area contributed by atoms with Crippen LogP contribution in [0.15, 0.2) is 50.7 Å². The Labute approximate surface area is 139 Å². The first-order chi connectivity index (χ1) is 10.7. The highest BCUT2D eigenvalue weighted by molar-refractivity contribution is 7.93. The van der Waals surface area contributed by atoms with Gasteiger partial charge in [0.2, 0.25) is 25.7 Å². The molecule has 0 spiro atoms. The summed E-state index contributed by atoms with van der Waals surface area (Å²) in [4.78, 5) is 25.8. The maximum Gasteiger partial charge on any atom is 0.371 e. The smallest absolute Gasteiger partial charge is 0.371 e. The predicted octanol–water partition coefficient (Wildman–Crippen LogP) is 2.34. The number of aliphatic hydroxyl groups excluding tert-OH is 1. The van der Waals surface area contributed by atoms with Crippen LogP contribution >= 0.6 is 22.9 Å². The molecule has 0 amide bonds. The number of nitrogens with zero attached hydrogens (tertiary/aromatic N) is 1. The fourth-order valence-electron chi connectivity index (χ4n) is 1.47. The molecule has 23 heavy (non-hydrogen) atoms. The predicted molar refractivity (Wildman–Crippen MR) is 81.7 cm³/mol. The standard InChI is InChI=1S/C13H8ClNO6S2/c14-7-1-3-8(4-2-7)23(20,21)13-15-9(6-22-13)10(16)5-11(17)12(18)19/h1-6,17H,(H,18,19). The number of carbonyl (C=O) groups excluding carboxylic acids is 1. The molecule has 0 aliphatic rings. The van der Waals surface area contributed by atoms with Gasteiger partial charge in [0.05, 0.1) is 4.90 Å². The molecule has 10 heteroatoms. The highest BCUT2D eigenvalue weighted by Gasteiger charge is 2.23. The molecular formula is C13H8ClNO6S2. The summed E-state index contributed by atoms with van der Waals surface area (Å²) in [5, 5.41) is 19.0. The van der Waals surface area contributed by atoms with Crippen molar-refractivity contribution in [2.45, 2.75) is 9.24 Å². The molecule has 0 radical (unpaired) electrons. The van der Waals surface area contributed by atoms with Crippen LogP contribution < -0.4 is 0 Å². The summed E-state index contributed by atoms with van der Waals surface area (Å²) in [5.41, 5.74) is -0.282. The van der Waals surface area contributed by atoms with Crippen LogP contribution in [0.2, 0.25) is 5.02 Å². The van der Waals surface area contributed by atoms with Gasteiger partial charge in [-0.25, -0.2) is 18.2 Å². The number of aliphatic carboxylic acids is 1. The van der Waals surface area contributed by atoms with Gasteiger partial charge in [0, 0.05) is 16.5 Å². The summed E-state index contributed by atoms with van der Waals surface area (Å²) in [6.45, 7) is 0. The number of sulfone groups is 1. The summed E-state index contributed by atoms with van der Waals surface area (Å²) in [6, 6.07) is 5.41. The number of carboxylic acids is 1. The molecule has 0 fully saturated rings. The minimum absolute atomic E-state index is 0.0424. The van der Waals surface area contributed by atoms with Crippen LogP contribution in [-0.2, 0) is 14.6 Å². The number of ketones is 1. The molecule has 0 unspecified atom stereocenters. The van der Waals surface area contributed by atoms with Crippen molar-refractivity contribution < 1.29 is 28.2 Å². The van der Waals surface area contributed by atoms with Crippen molar-refractivity contribution in [3.05, 3.63) is 52.2 Å². The van der Waals surface area contributed by atoms with Crippen LogP contribution in [0, 0.1) is 0 Å². The van der Waals surface area contributed by atoms with Crippen LogP contribution in [0.5, 0.6) is 0 Å². The first-order valence-electron chi connectivity index (χ1n) is 5.86. The number of aromatic nitrogens is 1. The van der Waals surface area contributed by atoms with Crippen LogP contribution in [0.4, 0.5) is 0 Å². The fourth-order valence-corrected chi connectivity index (χ4v) is 3.98. The number of hydrogen-bond donors (Lipinski definition) is 2. The van der Waals surface area contributed by atoms with Crippen molar-refractivity contribution in [3.63, 3.8) is 0 Å². The number of carbonyl (C=O) groups is 2. The second kappa shape index (κ2) is 6.49. The zero-order valence-electron chi connectivity index (χ0n) is 11.1. The van der Waals surface area contributed by atoms with Crippen LogP contribution in [0.3, 0.4) is 0 Å². The van der Waals surface area contributed by atoms with E-state index in [-0.39, 0.29) is 14.9 Å². The average molecular weight is 374 g/mol. The van der Waals surface area contributed by atoms with Gasteiger partial charge in [0.15, 0.2) is 0 Å². The topological polar surface area (TPSA) is 122 Å². The maximum absolute atomic E-state index is 12.3. The lowest BCUT2D eigenvalue weighted by atomic mass is 10.3. The minimum Gasteiger partial charge on any atom is -0.502 e. The quantitative estimate of drug-likeness (QED) is 0.468. The van der Waals surface area contributed by atoms with Gasteiger partial charge in [0.25, 0.3) is 0 Å². The normalized spacial score (nSPS) is 12.1. The van der Waals surface area contributed by atoms with Crippen molar-refractivity contribution in [1.82, 2.24) is 4.98 Å². The molecule has 1 heterocycles. The molecule has 2 N–H and O–H groups in total. The Morgan fingerprint density at radius 1 is 1.17 bits per heavy atom. The van der Waals surface area contributed by atoms with Gasteiger partial charge >= 0.3 is 5.97 Å². The molecule has 120 valence electrons. The van der Waals surface area contributed by atoms with Crippen LogP contribution in [-0.4, -0.2) is 35.4 Å². The van der Waals surface area contributed by atoms with Gasteiger partial charge in [0.1, 0.15) is 5.69 Å². The van der Waals surface area contributed by atoms with Crippen LogP contribution in [0.1, 0.15) is 10.5 Å². The second-order valence-electron chi connectivity index (χ2n) is 4.15. The van der Waals surface area contributed by atoms with E-state index >= 15 is 0 Å². The molecule has 1 aromatic heterocycles. The van der Waals surface area contributed by atoms with Crippen molar-refractivity contribution in [3.8, 4) is 0 Å². The van der Waals surface area contributed by atoms with E-state index in [2.05, 4.69) is 4.98 Å². The number of allylic oxidation sites excluding steroid dienone is 1. The molecule has 0 saturated heterocycles. The van der Waals surface area contributed by atoms with Gasteiger partial charge in [-0.05, 0) is 24.3 Å². The third-order valence-corrected chi connectivity index (χ3v) is 5.85. The Kier molecular flexibility index (Phi) is 4.83. The summed E-state index contributed by atoms with van der Waals surface area (Å²) in [6.07, 6.45) is 0.454. The molecule has 0 bridgehead atoms. The zero-order chi connectivity index (χ0) is 17.2. The maximum atomic E-state index is 12.3. The first kappa shape index (κ1) is 17.1. The number of thiazole rings is 1. The highest BCUT2D eigenvalue weighted by atomic mass is 35.5. The van der Waals surface area contributed by atoms with Gasteiger partial charge in [-0.3, -0.25) is 4.79 Å². The third kappa shape index (κ3) is 3.76. The van der Waals surface area contributed by atoms with Gasteiger partial charge in [-0.15, -0.1) is 11.3 Å². The second-order valence-corrected chi connectivity index (χ2v) is 7.57. The summed E-state index contributed by atoms with van der Waals surface area (Å²) in [5.74, 6) is -3.76. The number of carboxylic acid groups (broad SMARTS) is 1. The monoisotopic (exact) mass is 373 g/mol. The summed E-state index contributed by atoms with van der Waals surface area (Å²) >= 11 is 6.40. The van der Waals surface area contributed by atoms with E-state index < -0.39 is 27.3 Å². The van der Waals surface area contributed by atoms with Crippen molar-refractivity contribution >= 4 is 44.5 Å². The molecule has 1 aromatic carbocycles. The largest absolute Gasteiger partial charge is 0.502 e. The molecule has 0 aliphatic carbocycles. The Balaban J connectivity index is 2.35. The Morgan fingerprint density at radius 2 is 1.78 bits per heavy atom. The minimum atomic E-state index is -3.92. The van der Waals surface area contributed by atoms with Gasteiger partial charge in [-0.1, -0.05) is 11.6 Å². The summed E-state index contributed by atoms with van der Waals surface area (Å²) < 4.78 is 24.4. The Bertz CT molecular complexity index is 899. The number of halogens is 1.